The zero-order valence-corrected chi connectivity index (χ0v) is 13.5. The van der Waals surface area contributed by atoms with Gasteiger partial charge in [-0.3, -0.25) is 4.98 Å². The highest BCUT2D eigenvalue weighted by Gasteiger charge is 2.27. The van der Waals surface area contributed by atoms with Crippen molar-refractivity contribution in [1.82, 2.24) is 10.3 Å². The minimum absolute atomic E-state index is 0.832. The number of nitrogens with one attached hydrogen (secondary N) is 1. The fourth-order valence-electron chi connectivity index (χ4n) is 3.66. The van der Waals surface area contributed by atoms with Crippen molar-refractivity contribution in [2.45, 2.75) is 70.8 Å². The molecule has 1 N–H and O–H groups in total. The summed E-state index contributed by atoms with van der Waals surface area (Å²) in [5.41, 5.74) is 2.65. The summed E-state index contributed by atoms with van der Waals surface area (Å²) in [5, 5.41) is 3.77. The lowest BCUT2D eigenvalue weighted by Gasteiger charge is -2.25. The van der Waals surface area contributed by atoms with E-state index in [-0.39, 0.29) is 0 Å². The lowest BCUT2D eigenvalue weighted by atomic mass is 9.84. The lowest BCUT2D eigenvalue weighted by molar-refractivity contribution is 0.295. The Bertz CT molecular complexity index is 422. The third kappa shape index (κ3) is 4.54. The smallest absolute Gasteiger partial charge is 0.0406 e. The first-order valence-corrected chi connectivity index (χ1v) is 9.02. The van der Waals surface area contributed by atoms with Crippen molar-refractivity contribution in [3.63, 3.8) is 0 Å². The molecule has 2 unspecified atom stereocenters. The second-order valence-electron chi connectivity index (χ2n) is 7.06. The average Bonchev–Trinajstić information content (AvgIpc) is 3.34. The van der Waals surface area contributed by atoms with Gasteiger partial charge >= 0.3 is 0 Å². The molecule has 1 aromatic rings. The highest BCUT2D eigenvalue weighted by Crippen LogP contribution is 2.31. The van der Waals surface area contributed by atoms with Crippen molar-refractivity contribution in [2.75, 3.05) is 6.54 Å². The van der Waals surface area contributed by atoms with Crippen LogP contribution >= 0.6 is 0 Å². The van der Waals surface area contributed by atoms with Crippen molar-refractivity contribution in [3.8, 4) is 0 Å². The number of aryl methyl sites for hydroxylation is 1. The average molecular weight is 286 g/mol. The Morgan fingerprint density at radius 2 is 1.86 bits per heavy atom. The lowest BCUT2D eigenvalue weighted by Crippen LogP contribution is -2.30. The van der Waals surface area contributed by atoms with Crippen LogP contribution in [0.5, 0.6) is 0 Å². The molecule has 2 atom stereocenters. The summed E-state index contributed by atoms with van der Waals surface area (Å²) in [6.45, 7) is 3.43. The van der Waals surface area contributed by atoms with Crippen LogP contribution in [-0.4, -0.2) is 17.6 Å². The monoisotopic (exact) mass is 286 g/mol. The van der Waals surface area contributed by atoms with Crippen molar-refractivity contribution in [1.29, 1.82) is 0 Å². The van der Waals surface area contributed by atoms with Gasteiger partial charge in [-0.25, -0.2) is 0 Å². The van der Waals surface area contributed by atoms with E-state index in [9.17, 15) is 0 Å². The van der Waals surface area contributed by atoms with Gasteiger partial charge in [-0.05, 0) is 68.5 Å². The summed E-state index contributed by atoms with van der Waals surface area (Å²) in [6, 6.07) is 5.36. The molecule has 2 aliphatic rings. The molecule has 1 heterocycles. The third-order valence-electron chi connectivity index (χ3n) is 5.33. The maximum absolute atomic E-state index is 4.70. The molecule has 0 spiro atoms. The fraction of sp³-hybridized carbons (Fsp3) is 0.737. The summed E-state index contributed by atoms with van der Waals surface area (Å²) in [4.78, 5) is 4.70. The van der Waals surface area contributed by atoms with Gasteiger partial charge in [0, 0.05) is 17.9 Å². The number of nitrogens with zero attached hydrogens (tertiary/aromatic N) is 1. The molecule has 1 aromatic heterocycles. The molecule has 21 heavy (non-hydrogen) atoms. The van der Waals surface area contributed by atoms with E-state index in [1.165, 1.54) is 69.2 Å². The molecular weight excluding hydrogens is 256 g/mol. The molecule has 2 nitrogen and oxygen atoms in total. The first kappa shape index (κ1) is 15.0. The van der Waals surface area contributed by atoms with E-state index in [0.717, 1.165) is 24.3 Å². The van der Waals surface area contributed by atoms with Crippen molar-refractivity contribution in [2.24, 2.45) is 11.8 Å². The van der Waals surface area contributed by atoms with Crippen LogP contribution in [0.25, 0.3) is 0 Å². The van der Waals surface area contributed by atoms with E-state index in [2.05, 4.69) is 30.6 Å². The van der Waals surface area contributed by atoms with Crippen LogP contribution in [0.1, 0.15) is 63.1 Å². The zero-order chi connectivity index (χ0) is 14.5. The van der Waals surface area contributed by atoms with Crippen molar-refractivity contribution < 1.29 is 0 Å². The SMILES string of the molecule is CCc1ccc(CC2CCCCCC2CNC2CC2)nc1. The van der Waals surface area contributed by atoms with Crippen LogP contribution in [0.3, 0.4) is 0 Å². The predicted molar refractivity (Wildman–Crippen MR) is 88.4 cm³/mol. The van der Waals surface area contributed by atoms with Gasteiger partial charge in [0.2, 0.25) is 0 Å². The van der Waals surface area contributed by atoms with Crippen LogP contribution < -0.4 is 5.32 Å². The van der Waals surface area contributed by atoms with Gasteiger partial charge in [0.25, 0.3) is 0 Å². The first-order chi connectivity index (χ1) is 10.3. The largest absolute Gasteiger partial charge is 0.314 e. The normalized spacial score (nSPS) is 26.5. The topological polar surface area (TPSA) is 24.9 Å². The molecule has 116 valence electrons. The number of aromatic nitrogens is 1. The number of rotatable bonds is 6. The molecular formula is C19H30N2. The molecule has 0 aromatic carbocycles. The van der Waals surface area contributed by atoms with Crippen LogP contribution in [0, 0.1) is 11.8 Å². The maximum atomic E-state index is 4.70. The van der Waals surface area contributed by atoms with Crippen molar-refractivity contribution >= 4 is 0 Å². The van der Waals surface area contributed by atoms with E-state index in [4.69, 9.17) is 4.98 Å². The Morgan fingerprint density at radius 3 is 2.52 bits per heavy atom. The van der Waals surface area contributed by atoms with Crippen LogP contribution in [0.4, 0.5) is 0 Å². The first-order valence-electron chi connectivity index (χ1n) is 9.02. The van der Waals surface area contributed by atoms with E-state index >= 15 is 0 Å². The predicted octanol–water partition coefficient (Wildman–Crippen LogP) is 4.14. The van der Waals surface area contributed by atoms with Gasteiger partial charge < -0.3 is 5.32 Å². The Kier molecular flexibility index (Phi) is 5.29. The van der Waals surface area contributed by atoms with Gasteiger partial charge in [0.1, 0.15) is 0 Å². The quantitative estimate of drug-likeness (QED) is 0.795. The minimum atomic E-state index is 0.832. The molecule has 0 aliphatic heterocycles. The Balaban J connectivity index is 1.60. The highest BCUT2D eigenvalue weighted by molar-refractivity contribution is 5.14. The molecule has 0 saturated heterocycles. The molecule has 2 saturated carbocycles. The molecule has 3 rings (SSSR count). The molecule has 0 amide bonds. The van der Waals surface area contributed by atoms with E-state index in [0.29, 0.717) is 0 Å². The third-order valence-corrected chi connectivity index (χ3v) is 5.33. The summed E-state index contributed by atoms with van der Waals surface area (Å²) < 4.78 is 0. The molecule has 2 aliphatic carbocycles. The van der Waals surface area contributed by atoms with E-state index < -0.39 is 0 Å². The second-order valence-corrected chi connectivity index (χ2v) is 7.06. The zero-order valence-electron chi connectivity index (χ0n) is 13.5. The number of pyridine rings is 1. The molecule has 2 heteroatoms. The van der Waals surface area contributed by atoms with Crippen molar-refractivity contribution in [3.05, 3.63) is 29.6 Å². The van der Waals surface area contributed by atoms with Gasteiger partial charge in [0.05, 0.1) is 0 Å². The molecule has 0 radical (unpaired) electrons. The van der Waals surface area contributed by atoms with E-state index in [1.807, 2.05) is 0 Å². The molecule has 0 bridgehead atoms. The maximum Gasteiger partial charge on any atom is 0.0406 e. The summed E-state index contributed by atoms with van der Waals surface area (Å²) in [5.74, 6) is 1.69. The fourth-order valence-corrected chi connectivity index (χ4v) is 3.66. The Morgan fingerprint density at radius 1 is 1.05 bits per heavy atom. The standard InChI is InChI=1S/C19H30N2/c1-2-15-8-9-19(20-13-15)12-16-6-4-3-5-7-17(16)14-21-18-10-11-18/h8-9,13,16-18,21H,2-7,10-12,14H2,1H3. The summed E-state index contributed by atoms with van der Waals surface area (Å²) in [7, 11) is 0. The minimum Gasteiger partial charge on any atom is -0.314 e. The number of hydrogen-bond donors (Lipinski definition) is 1. The van der Waals surface area contributed by atoms with Gasteiger partial charge in [0.15, 0.2) is 0 Å². The van der Waals surface area contributed by atoms with Crippen LogP contribution in [0.2, 0.25) is 0 Å². The summed E-state index contributed by atoms with van der Waals surface area (Å²) >= 11 is 0. The van der Waals surface area contributed by atoms with Gasteiger partial charge in [-0.15, -0.1) is 0 Å². The second kappa shape index (κ2) is 7.40. The van der Waals surface area contributed by atoms with Crippen LogP contribution in [-0.2, 0) is 12.8 Å². The molecule has 2 fully saturated rings. The number of hydrogen-bond acceptors (Lipinski definition) is 2. The van der Waals surface area contributed by atoms with Gasteiger partial charge in [-0.1, -0.05) is 32.3 Å². The van der Waals surface area contributed by atoms with Gasteiger partial charge in [-0.2, -0.15) is 0 Å². The van der Waals surface area contributed by atoms with E-state index in [1.54, 1.807) is 0 Å². The highest BCUT2D eigenvalue weighted by atomic mass is 14.9. The summed E-state index contributed by atoms with van der Waals surface area (Å²) in [6.07, 6.45) is 14.2. The Hall–Kier alpha value is -0.890. The van der Waals surface area contributed by atoms with Crippen LogP contribution in [0.15, 0.2) is 18.3 Å². The Labute approximate surface area is 129 Å².